The maximum absolute atomic E-state index is 11.3. The Morgan fingerprint density at radius 1 is 1.48 bits per heavy atom. The van der Waals surface area contributed by atoms with E-state index in [1.807, 2.05) is 10.7 Å². The molecule has 0 amide bonds. The van der Waals surface area contributed by atoms with Gasteiger partial charge in [0.2, 0.25) is 10.0 Å². The minimum absolute atomic E-state index is 0.0251. The molecule has 8 heteroatoms. The van der Waals surface area contributed by atoms with Crippen molar-refractivity contribution in [1.29, 1.82) is 0 Å². The molecule has 0 aromatic carbocycles. The van der Waals surface area contributed by atoms with Crippen molar-refractivity contribution in [2.24, 2.45) is 0 Å². The molecule has 2 aromatic rings. The normalized spacial score (nSPS) is 19.6. The molecule has 6 nitrogen and oxygen atoms in total. The predicted molar refractivity (Wildman–Crippen MR) is 82.5 cm³/mol. The SMILES string of the molecule is CS(=O)(=O)NCC1CN(Cc2ccsc2)Cc2ccnn21. The zero-order chi connectivity index (χ0) is 14.9. The van der Waals surface area contributed by atoms with Crippen LogP contribution in [-0.2, 0) is 23.1 Å². The summed E-state index contributed by atoms with van der Waals surface area (Å²) in [6.07, 6.45) is 2.96. The minimum Gasteiger partial charge on any atom is -0.291 e. The van der Waals surface area contributed by atoms with Gasteiger partial charge in [-0.15, -0.1) is 0 Å². The van der Waals surface area contributed by atoms with E-state index in [0.29, 0.717) is 6.54 Å². The summed E-state index contributed by atoms with van der Waals surface area (Å²) in [5.74, 6) is 0. The number of fused-ring (bicyclic) bond motifs is 1. The number of aromatic nitrogens is 2. The van der Waals surface area contributed by atoms with E-state index in [1.54, 1.807) is 17.5 Å². The fourth-order valence-electron chi connectivity index (χ4n) is 2.62. The third-order valence-electron chi connectivity index (χ3n) is 3.52. The summed E-state index contributed by atoms with van der Waals surface area (Å²) in [5, 5.41) is 8.55. The van der Waals surface area contributed by atoms with Crippen molar-refractivity contribution in [3.05, 3.63) is 40.3 Å². The van der Waals surface area contributed by atoms with Crippen molar-refractivity contribution in [3.8, 4) is 0 Å². The van der Waals surface area contributed by atoms with Gasteiger partial charge in [-0.25, -0.2) is 13.1 Å². The third-order valence-corrected chi connectivity index (χ3v) is 4.94. The number of rotatable bonds is 5. The van der Waals surface area contributed by atoms with Crippen molar-refractivity contribution < 1.29 is 8.42 Å². The van der Waals surface area contributed by atoms with E-state index in [9.17, 15) is 8.42 Å². The summed E-state index contributed by atoms with van der Waals surface area (Å²) in [7, 11) is -3.18. The predicted octanol–water partition coefficient (Wildman–Crippen LogP) is 1.05. The Hall–Kier alpha value is -1.22. The van der Waals surface area contributed by atoms with Gasteiger partial charge in [0.1, 0.15) is 0 Å². The fraction of sp³-hybridized carbons (Fsp3) is 0.462. The number of nitrogens with zero attached hydrogens (tertiary/aromatic N) is 3. The molecule has 0 radical (unpaired) electrons. The number of hydrogen-bond donors (Lipinski definition) is 1. The van der Waals surface area contributed by atoms with Crippen LogP contribution in [-0.4, -0.2) is 42.4 Å². The highest BCUT2D eigenvalue weighted by molar-refractivity contribution is 7.88. The van der Waals surface area contributed by atoms with Crippen LogP contribution in [0.25, 0.3) is 0 Å². The molecule has 0 aliphatic carbocycles. The smallest absolute Gasteiger partial charge is 0.208 e. The average Bonchev–Trinajstić information content (AvgIpc) is 3.05. The van der Waals surface area contributed by atoms with E-state index in [2.05, 4.69) is 31.5 Å². The van der Waals surface area contributed by atoms with E-state index in [4.69, 9.17) is 0 Å². The van der Waals surface area contributed by atoms with E-state index < -0.39 is 10.0 Å². The van der Waals surface area contributed by atoms with Crippen LogP contribution in [0.3, 0.4) is 0 Å². The molecular weight excluding hydrogens is 308 g/mol. The van der Waals surface area contributed by atoms with Crippen LogP contribution in [0.4, 0.5) is 0 Å². The molecule has 2 aromatic heterocycles. The molecule has 1 aliphatic rings. The van der Waals surface area contributed by atoms with Crippen LogP contribution < -0.4 is 4.72 Å². The monoisotopic (exact) mass is 326 g/mol. The molecule has 0 bridgehead atoms. The summed E-state index contributed by atoms with van der Waals surface area (Å²) in [6, 6.07) is 4.14. The van der Waals surface area contributed by atoms with Gasteiger partial charge in [0.05, 0.1) is 18.0 Å². The molecule has 0 saturated heterocycles. The minimum atomic E-state index is -3.18. The Morgan fingerprint density at radius 2 is 2.33 bits per heavy atom. The first-order valence-corrected chi connectivity index (χ1v) is 9.55. The highest BCUT2D eigenvalue weighted by atomic mass is 32.2. The van der Waals surface area contributed by atoms with Crippen molar-refractivity contribution in [2.45, 2.75) is 19.1 Å². The second-order valence-electron chi connectivity index (χ2n) is 5.34. The van der Waals surface area contributed by atoms with Gasteiger partial charge >= 0.3 is 0 Å². The summed E-state index contributed by atoms with van der Waals surface area (Å²) in [4.78, 5) is 2.33. The summed E-state index contributed by atoms with van der Waals surface area (Å²) in [6.45, 7) is 2.87. The lowest BCUT2D eigenvalue weighted by Crippen LogP contribution is -2.42. The summed E-state index contributed by atoms with van der Waals surface area (Å²) in [5.41, 5.74) is 2.42. The Morgan fingerprint density at radius 3 is 3.05 bits per heavy atom. The van der Waals surface area contributed by atoms with Crippen LogP contribution >= 0.6 is 11.3 Å². The lowest BCUT2D eigenvalue weighted by Gasteiger charge is -2.33. The maximum Gasteiger partial charge on any atom is 0.208 e. The highest BCUT2D eigenvalue weighted by Crippen LogP contribution is 2.22. The van der Waals surface area contributed by atoms with Gasteiger partial charge in [-0.1, -0.05) is 0 Å². The molecule has 1 aliphatic heterocycles. The molecule has 21 heavy (non-hydrogen) atoms. The van der Waals surface area contributed by atoms with Gasteiger partial charge in [-0.2, -0.15) is 16.4 Å². The Kier molecular flexibility index (Phi) is 4.12. The van der Waals surface area contributed by atoms with Crippen LogP contribution in [0, 0.1) is 0 Å². The quantitative estimate of drug-likeness (QED) is 0.892. The van der Waals surface area contributed by atoms with Gasteiger partial charge < -0.3 is 0 Å². The van der Waals surface area contributed by atoms with Gasteiger partial charge in [0.15, 0.2) is 0 Å². The zero-order valence-electron chi connectivity index (χ0n) is 11.8. The molecule has 0 fully saturated rings. The number of hydrogen-bond acceptors (Lipinski definition) is 5. The van der Waals surface area contributed by atoms with Crippen molar-refractivity contribution in [1.82, 2.24) is 19.4 Å². The molecule has 0 spiro atoms. The molecule has 3 heterocycles. The van der Waals surface area contributed by atoms with E-state index in [0.717, 1.165) is 25.3 Å². The van der Waals surface area contributed by atoms with Crippen LogP contribution in [0.5, 0.6) is 0 Å². The van der Waals surface area contributed by atoms with Gasteiger partial charge in [-0.3, -0.25) is 9.58 Å². The average molecular weight is 326 g/mol. The van der Waals surface area contributed by atoms with E-state index in [1.165, 1.54) is 11.8 Å². The molecule has 1 N–H and O–H groups in total. The molecule has 1 unspecified atom stereocenters. The number of thiophene rings is 1. The molecule has 1 atom stereocenters. The largest absolute Gasteiger partial charge is 0.291 e. The third kappa shape index (κ3) is 3.70. The first-order chi connectivity index (χ1) is 10.0. The maximum atomic E-state index is 11.3. The summed E-state index contributed by atoms with van der Waals surface area (Å²) < 4.78 is 27.1. The summed E-state index contributed by atoms with van der Waals surface area (Å²) >= 11 is 1.69. The van der Waals surface area contributed by atoms with Gasteiger partial charge in [0, 0.05) is 32.4 Å². The Balaban J connectivity index is 1.73. The second kappa shape index (κ2) is 5.88. The first-order valence-electron chi connectivity index (χ1n) is 6.72. The topological polar surface area (TPSA) is 67.2 Å². The number of nitrogens with one attached hydrogen (secondary N) is 1. The van der Waals surface area contributed by atoms with Crippen molar-refractivity contribution in [2.75, 3.05) is 19.3 Å². The van der Waals surface area contributed by atoms with Crippen molar-refractivity contribution in [3.63, 3.8) is 0 Å². The van der Waals surface area contributed by atoms with E-state index >= 15 is 0 Å². The molecule has 3 rings (SSSR count). The van der Waals surface area contributed by atoms with Crippen LogP contribution in [0.15, 0.2) is 29.1 Å². The first kappa shape index (κ1) is 14.7. The van der Waals surface area contributed by atoms with Gasteiger partial charge in [-0.05, 0) is 28.5 Å². The molecular formula is C13H18N4O2S2. The zero-order valence-corrected chi connectivity index (χ0v) is 13.4. The molecule has 0 saturated carbocycles. The lowest BCUT2D eigenvalue weighted by molar-refractivity contribution is 0.168. The highest BCUT2D eigenvalue weighted by Gasteiger charge is 2.26. The molecule has 114 valence electrons. The standard InChI is InChI=1S/C13H18N4O2S2/c1-21(18,19)15-6-13-9-16(7-11-3-5-20-10-11)8-12-2-4-14-17(12)13/h2-5,10,13,15H,6-9H2,1H3. The second-order valence-corrected chi connectivity index (χ2v) is 7.96. The Bertz CT molecular complexity index is 694. The van der Waals surface area contributed by atoms with Crippen LogP contribution in [0.1, 0.15) is 17.3 Å². The van der Waals surface area contributed by atoms with Crippen molar-refractivity contribution >= 4 is 21.4 Å². The van der Waals surface area contributed by atoms with Gasteiger partial charge in [0.25, 0.3) is 0 Å². The fourth-order valence-corrected chi connectivity index (χ4v) is 3.78. The lowest BCUT2D eigenvalue weighted by atomic mass is 10.1. The Labute approximate surface area is 128 Å². The van der Waals surface area contributed by atoms with Crippen LogP contribution in [0.2, 0.25) is 0 Å². The van der Waals surface area contributed by atoms with E-state index in [-0.39, 0.29) is 6.04 Å². The number of sulfonamides is 1.